The van der Waals surface area contributed by atoms with Crippen molar-refractivity contribution in [1.29, 1.82) is 0 Å². The second-order valence-electron chi connectivity index (χ2n) is 6.47. The molecule has 0 aliphatic rings. The molecule has 1 aromatic heterocycles. The van der Waals surface area contributed by atoms with Crippen LogP contribution in [-0.2, 0) is 12.0 Å². The summed E-state index contributed by atoms with van der Waals surface area (Å²) in [6.45, 7) is 9.05. The smallest absolute Gasteiger partial charge is 0.138 e. The number of hydrogen-bond donors (Lipinski definition) is 1. The van der Waals surface area contributed by atoms with Crippen LogP contribution in [0.3, 0.4) is 0 Å². The predicted octanol–water partition coefficient (Wildman–Crippen LogP) is 3.30. The molecule has 1 aromatic carbocycles. The molecule has 2 rings (SSSR count). The second-order valence-corrected chi connectivity index (χ2v) is 6.47. The Labute approximate surface area is 127 Å². The standard InChI is InChI=1S/C17H24N4/c1-12-14(18)19-16(17(2,3)4)20-15(12)21(5)11-13-9-7-6-8-10-13/h6-10H,11H2,1-5H3,(H2,18,19,20). The number of benzene rings is 1. The van der Waals surface area contributed by atoms with Gasteiger partial charge in [0.15, 0.2) is 0 Å². The minimum atomic E-state index is -0.121. The Morgan fingerprint density at radius 3 is 2.29 bits per heavy atom. The van der Waals surface area contributed by atoms with Gasteiger partial charge in [-0.3, -0.25) is 0 Å². The van der Waals surface area contributed by atoms with Crippen molar-refractivity contribution in [1.82, 2.24) is 9.97 Å². The van der Waals surface area contributed by atoms with E-state index in [2.05, 4.69) is 42.8 Å². The van der Waals surface area contributed by atoms with Crippen molar-refractivity contribution < 1.29 is 0 Å². The molecule has 0 amide bonds. The van der Waals surface area contributed by atoms with Crippen LogP contribution in [0.4, 0.5) is 11.6 Å². The van der Waals surface area contributed by atoms with Gasteiger partial charge in [-0.15, -0.1) is 0 Å². The molecule has 0 aliphatic heterocycles. The van der Waals surface area contributed by atoms with E-state index in [1.165, 1.54) is 5.56 Å². The zero-order valence-electron chi connectivity index (χ0n) is 13.5. The highest BCUT2D eigenvalue weighted by Gasteiger charge is 2.21. The number of rotatable bonds is 3. The van der Waals surface area contributed by atoms with Crippen molar-refractivity contribution >= 4 is 11.6 Å². The summed E-state index contributed by atoms with van der Waals surface area (Å²) >= 11 is 0. The molecule has 2 aromatic rings. The van der Waals surface area contributed by atoms with Gasteiger partial charge in [-0.1, -0.05) is 51.1 Å². The van der Waals surface area contributed by atoms with Gasteiger partial charge in [0.1, 0.15) is 17.5 Å². The average molecular weight is 284 g/mol. The lowest BCUT2D eigenvalue weighted by Crippen LogP contribution is -2.24. The summed E-state index contributed by atoms with van der Waals surface area (Å²) in [7, 11) is 2.04. The number of nitrogens with zero attached hydrogens (tertiary/aromatic N) is 3. The summed E-state index contributed by atoms with van der Waals surface area (Å²) < 4.78 is 0. The third-order valence-corrected chi connectivity index (χ3v) is 3.45. The highest BCUT2D eigenvalue weighted by atomic mass is 15.2. The molecule has 0 saturated heterocycles. The van der Waals surface area contributed by atoms with Crippen LogP contribution in [0.15, 0.2) is 30.3 Å². The molecule has 0 spiro atoms. The first-order chi connectivity index (χ1) is 9.79. The number of aromatic nitrogens is 2. The maximum absolute atomic E-state index is 6.07. The summed E-state index contributed by atoms with van der Waals surface area (Å²) in [6.07, 6.45) is 0. The number of nitrogen functional groups attached to an aromatic ring is 1. The lowest BCUT2D eigenvalue weighted by molar-refractivity contribution is 0.545. The van der Waals surface area contributed by atoms with E-state index in [-0.39, 0.29) is 5.41 Å². The number of nitrogens with two attached hydrogens (primary N) is 1. The zero-order chi connectivity index (χ0) is 15.6. The largest absolute Gasteiger partial charge is 0.383 e. The average Bonchev–Trinajstić information content (AvgIpc) is 2.41. The molecule has 0 unspecified atom stereocenters. The van der Waals surface area contributed by atoms with Crippen LogP contribution in [0.2, 0.25) is 0 Å². The second kappa shape index (κ2) is 5.72. The van der Waals surface area contributed by atoms with Gasteiger partial charge >= 0.3 is 0 Å². The Bertz CT molecular complexity index is 615. The first kappa shape index (κ1) is 15.3. The van der Waals surface area contributed by atoms with Crippen LogP contribution in [0.1, 0.15) is 37.7 Å². The van der Waals surface area contributed by atoms with Gasteiger partial charge in [-0.05, 0) is 12.5 Å². The zero-order valence-corrected chi connectivity index (χ0v) is 13.5. The van der Waals surface area contributed by atoms with Crippen LogP contribution < -0.4 is 10.6 Å². The summed E-state index contributed by atoms with van der Waals surface area (Å²) in [6, 6.07) is 10.3. The van der Waals surface area contributed by atoms with Crippen molar-refractivity contribution in [2.45, 2.75) is 39.7 Å². The van der Waals surface area contributed by atoms with E-state index >= 15 is 0 Å². The van der Waals surface area contributed by atoms with Crippen molar-refractivity contribution in [2.75, 3.05) is 17.7 Å². The van der Waals surface area contributed by atoms with Crippen LogP contribution >= 0.6 is 0 Å². The molecule has 0 aliphatic carbocycles. The van der Waals surface area contributed by atoms with Crippen molar-refractivity contribution in [3.8, 4) is 0 Å². The van der Waals surface area contributed by atoms with Crippen molar-refractivity contribution in [3.63, 3.8) is 0 Å². The first-order valence-electron chi connectivity index (χ1n) is 7.18. The van der Waals surface area contributed by atoms with Crippen LogP contribution in [-0.4, -0.2) is 17.0 Å². The number of hydrogen-bond acceptors (Lipinski definition) is 4. The fourth-order valence-corrected chi connectivity index (χ4v) is 2.16. The Morgan fingerprint density at radius 1 is 1.10 bits per heavy atom. The van der Waals surface area contributed by atoms with Crippen LogP contribution in [0, 0.1) is 6.92 Å². The minimum absolute atomic E-state index is 0.121. The molecule has 2 N–H and O–H groups in total. The third-order valence-electron chi connectivity index (χ3n) is 3.45. The van der Waals surface area contributed by atoms with E-state index in [1.54, 1.807) is 0 Å². The van der Waals surface area contributed by atoms with Gasteiger partial charge in [0, 0.05) is 24.6 Å². The molecule has 112 valence electrons. The van der Waals surface area contributed by atoms with E-state index in [1.807, 2.05) is 32.2 Å². The van der Waals surface area contributed by atoms with Crippen molar-refractivity contribution in [3.05, 3.63) is 47.3 Å². The highest BCUT2D eigenvalue weighted by Crippen LogP contribution is 2.27. The fraction of sp³-hybridized carbons (Fsp3) is 0.412. The van der Waals surface area contributed by atoms with E-state index in [9.17, 15) is 0 Å². The summed E-state index contributed by atoms with van der Waals surface area (Å²) in [5.74, 6) is 2.24. The van der Waals surface area contributed by atoms with Crippen molar-refractivity contribution in [2.24, 2.45) is 0 Å². The predicted molar refractivity (Wildman–Crippen MR) is 88.4 cm³/mol. The van der Waals surface area contributed by atoms with E-state index in [0.29, 0.717) is 5.82 Å². The van der Waals surface area contributed by atoms with Crippen LogP contribution in [0.25, 0.3) is 0 Å². The Hall–Kier alpha value is -2.10. The lowest BCUT2D eigenvalue weighted by atomic mass is 9.95. The fourth-order valence-electron chi connectivity index (χ4n) is 2.16. The molecule has 0 atom stereocenters. The topological polar surface area (TPSA) is 55.0 Å². The maximum Gasteiger partial charge on any atom is 0.138 e. The summed E-state index contributed by atoms with van der Waals surface area (Å²) in [5, 5.41) is 0. The molecule has 0 bridgehead atoms. The van der Waals surface area contributed by atoms with Gasteiger partial charge in [-0.25, -0.2) is 9.97 Å². The first-order valence-corrected chi connectivity index (χ1v) is 7.18. The summed E-state index contributed by atoms with van der Waals surface area (Å²) in [4.78, 5) is 11.3. The normalized spacial score (nSPS) is 11.5. The van der Waals surface area contributed by atoms with Gasteiger partial charge < -0.3 is 10.6 Å². The van der Waals surface area contributed by atoms with Gasteiger partial charge in [0.2, 0.25) is 0 Å². The molecule has 0 radical (unpaired) electrons. The molecule has 21 heavy (non-hydrogen) atoms. The molecule has 4 heteroatoms. The molecular weight excluding hydrogens is 260 g/mol. The monoisotopic (exact) mass is 284 g/mol. The Balaban J connectivity index is 2.36. The molecular formula is C17H24N4. The Morgan fingerprint density at radius 2 is 1.71 bits per heavy atom. The van der Waals surface area contributed by atoms with Gasteiger partial charge in [-0.2, -0.15) is 0 Å². The summed E-state index contributed by atoms with van der Waals surface area (Å²) in [5.41, 5.74) is 8.13. The molecule has 0 saturated carbocycles. The van der Waals surface area contributed by atoms with Gasteiger partial charge in [0.05, 0.1) is 0 Å². The molecule has 1 heterocycles. The highest BCUT2D eigenvalue weighted by molar-refractivity contribution is 5.56. The quantitative estimate of drug-likeness (QED) is 0.939. The Kier molecular flexibility index (Phi) is 4.16. The number of anilines is 2. The minimum Gasteiger partial charge on any atom is -0.383 e. The lowest BCUT2D eigenvalue weighted by Gasteiger charge is -2.24. The van der Waals surface area contributed by atoms with E-state index in [0.717, 1.165) is 23.8 Å². The SMILES string of the molecule is Cc1c(N)nc(C(C)(C)C)nc1N(C)Cc1ccccc1. The maximum atomic E-state index is 6.07. The van der Waals surface area contributed by atoms with Gasteiger partial charge in [0.25, 0.3) is 0 Å². The third kappa shape index (κ3) is 3.51. The van der Waals surface area contributed by atoms with E-state index in [4.69, 9.17) is 10.7 Å². The molecule has 0 fully saturated rings. The van der Waals surface area contributed by atoms with Crippen LogP contribution in [0.5, 0.6) is 0 Å². The van der Waals surface area contributed by atoms with E-state index < -0.39 is 0 Å². The molecule has 4 nitrogen and oxygen atoms in total.